The van der Waals surface area contributed by atoms with E-state index in [0.717, 1.165) is 28.6 Å². The van der Waals surface area contributed by atoms with Crippen LogP contribution in [-0.4, -0.2) is 31.2 Å². The first-order valence-corrected chi connectivity index (χ1v) is 5.55. The van der Waals surface area contributed by atoms with Crippen LogP contribution >= 0.6 is 0 Å². The van der Waals surface area contributed by atoms with Crippen molar-refractivity contribution in [3.05, 3.63) is 35.9 Å². The average Bonchev–Trinajstić information content (AvgIpc) is 2.31. The Balaban J connectivity index is 2.60. The topological polar surface area (TPSA) is 32.7 Å². The number of fused-ring (bicyclic) bond motifs is 1. The largest absolute Gasteiger partial charge is 0.507 e. The molecule has 0 aliphatic rings. The van der Waals surface area contributed by atoms with Gasteiger partial charge in [-0.2, -0.15) is 0 Å². The van der Waals surface area contributed by atoms with Crippen LogP contribution in [0, 0.1) is 0 Å². The maximum Gasteiger partial charge on any atom is 0.128 e. The second-order valence-electron chi connectivity index (χ2n) is 4.37. The molecule has 0 amide bonds. The molecule has 0 saturated carbocycles. The number of rotatable bonds is 3. The first kappa shape index (κ1) is 11.7. The van der Waals surface area contributed by atoms with Gasteiger partial charge in [0.2, 0.25) is 0 Å². The Kier molecular flexibility index (Phi) is 3.20. The number of benzene rings is 2. The van der Waals surface area contributed by atoms with E-state index in [1.807, 2.05) is 49.3 Å². The zero-order valence-corrected chi connectivity index (χ0v) is 10.4. The van der Waals surface area contributed by atoms with Gasteiger partial charge in [0.1, 0.15) is 11.5 Å². The summed E-state index contributed by atoms with van der Waals surface area (Å²) in [6.45, 7) is 0.721. The predicted molar refractivity (Wildman–Crippen MR) is 69.6 cm³/mol. The van der Waals surface area contributed by atoms with E-state index >= 15 is 0 Å². The van der Waals surface area contributed by atoms with Crippen molar-refractivity contribution in [3.63, 3.8) is 0 Å². The van der Waals surface area contributed by atoms with Gasteiger partial charge in [-0.25, -0.2) is 0 Å². The van der Waals surface area contributed by atoms with Crippen LogP contribution in [0.1, 0.15) is 5.56 Å². The Hall–Kier alpha value is -1.74. The van der Waals surface area contributed by atoms with Crippen LogP contribution < -0.4 is 4.74 Å². The molecule has 2 aromatic rings. The summed E-state index contributed by atoms with van der Waals surface area (Å²) in [4.78, 5) is 2.03. The van der Waals surface area contributed by atoms with Crippen molar-refractivity contribution in [2.75, 3.05) is 21.2 Å². The molecule has 0 atom stereocenters. The van der Waals surface area contributed by atoms with E-state index in [1.165, 1.54) is 0 Å². The molecular formula is C14H17NO2. The predicted octanol–water partition coefficient (Wildman–Crippen LogP) is 2.62. The molecule has 2 aromatic carbocycles. The van der Waals surface area contributed by atoms with Gasteiger partial charge >= 0.3 is 0 Å². The van der Waals surface area contributed by atoms with E-state index in [9.17, 15) is 5.11 Å². The molecule has 0 heterocycles. The molecule has 0 fully saturated rings. The third-order valence-electron chi connectivity index (χ3n) is 2.78. The normalized spacial score (nSPS) is 11.1. The zero-order chi connectivity index (χ0) is 12.4. The summed E-state index contributed by atoms with van der Waals surface area (Å²) in [5.74, 6) is 1.13. The van der Waals surface area contributed by atoms with Gasteiger partial charge in [-0.1, -0.05) is 24.3 Å². The van der Waals surface area contributed by atoms with Gasteiger partial charge in [0, 0.05) is 22.9 Å². The number of aromatic hydroxyl groups is 1. The summed E-state index contributed by atoms with van der Waals surface area (Å²) < 4.78 is 5.28. The van der Waals surface area contributed by atoms with Crippen LogP contribution in [0.5, 0.6) is 11.5 Å². The Morgan fingerprint density at radius 1 is 1.12 bits per heavy atom. The van der Waals surface area contributed by atoms with Crippen molar-refractivity contribution in [1.29, 1.82) is 0 Å². The molecule has 3 heteroatoms. The molecular weight excluding hydrogens is 214 g/mol. The van der Waals surface area contributed by atoms with Crippen LogP contribution in [0.4, 0.5) is 0 Å². The maximum atomic E-state index is 10.2. The fraction of sp³-hybridized carbons (Fsp3) is 0.286. The van der Waals surface area contributed by atoms with Crippen molar-refractivity contribution < 1.29 is 9.84 Å². The third kappa shape index (κ3) is 2.19. The molecule has 90 valence electrons. The lowest BCUT2D eigenvalue weighted by Crippen LogP contribution is -2.10. The molecule has 1 N–H and O–H groups in total. The third-order valence-corrected chi connectivity index (χ3v) is 2.78. The number of nitrogens with zero attached hydrogens (tertiary/aromatic N) is 1. The van der Waals surface area contributed by atoms with E-state index in [-0.39, 0.29) is 0 Å². The highest BCUT2D eigenvalue weighted by Gasteiger charge is 2.09. The van der Waals surface area contributed by atoms with Crippen LogP contribution in [0.25, 0.3) is 10.8 Å². The van der Waals surface area contributed by atoms with E-state index in [4.69, 9.17) is 4.74 Å². The molecule has 17 heavy (non-hydrogen) atoms. The molecule has 0 bridgehead atoms. The van der Waals surface area contributed by atoms with E-state index in [1.54, 1.807) is 7.11 Å². The first-order chi connectivity index (χ1) is 8.13. The molecule has 0 radical (unpaired) electrons. The lowest BCUT2D eigenvalue weighted by molar-refractivity contribution is 0.387. The summed E-state index contributed by atoms with van der Waals surface area (Å²) >= 11 is 0. The van der Waals surface area contributed by atoms with Gasteiger partial charge in [0.15, 0.2) is 0 Å². The highest BCUT2D eigenvalue weighted by Crippen LogP contribution is 2.34. The van der Waals surface area contributed by atoms with Crippen molar-refractivity contribution in [2.45, 2.75) is 6.54 Å². The van der Waals surface area contributed by atoms with Crippen molar-refractivity contribution in [3.8, 4) is 11.5 Å². The minimum absolute atomic E-state index is 0.343. The van der Waals surface area contributed by atoms with Crippen LogP contribution in [0.15, 0.2) is 30.3 Å². The minimum atomic E-state index is 0.343. The minimum Gasteiger partial charge on any atom is -0.507 e. The molecule has 2 rings (SSSR count). The monoisotopic (exact) mass is 231 g/mol. The van der Waals surface area contributed by atoms with Gasteiger partial charge in [0.25, 0.3) is 0 Å². The Bertz CT molecular complexity index is 535. The van der Waals surface area contributed by atoms with Gasteiger partial charge in [-0.05, 0) is 20.2 Å². The van der Waals surface area contributed by atoms with Gasteiger partial charge < -0.3 is 14.7 Å². The number of ether oxygens (including phenoxy) is 1. The number of hydrogen-bond acceptors (Lipinski definition) is 3. The SMILES string of the molecule is COc1cccc2c(O)c(CN(C)C)ccc12. The Labute approximate surface area is 101 Å². The number of phenols is 1. The van der Waals surface area contributed by atoms with Gasteiger partial charge in [0.05, 0.1) is 7.11 Å². The van der Waals surface area contributed by atoms with Crippen molar-refractivity contribution in [2.24, 2.45) is 0 Å². The summed E-state index contributed by atoms with van der Waals surface area (Å²) in [6.07, 6.45) is 0. The lowest BCUT2D eigenvalue weighted by atomic mass is 10.0. The second-order valence-corrected chi connectivity index (χ2v) is 4.37. The van der Waals surface area contributed by atoms with Crippen molar-refractivity contribution >= 4 is 10.8 Å². The zero-order valence-electron chi connectivity index (χ0n) is 10.4. The molecule has 0 aliphatic carbocycles. The summed E-state index contributed by atoms with van der Waals surface area (Å²) in [5, 5.41) is 12.0. The number of hydrogen-bond donors (Lipinski definition) is 1. The fourth-order valence-corrected chi connectivity index (χ4v) is 2.00. The summed E-state index contributed by atoms with van der Waals surface area (Å²) in [5.41, 5.74) is 0.927. The second kappa shape index (κ2) is 4.63. The first-order valence-electron chi connectivity index (χ1n) is 5.55. The number of phenolic OH excluding ortho intramolecular Hbond substituents is 1. The molecule has 0 spiro atoms. The van der Waals surface area contributed by atoms with Crippen molar-refractivity contribution in [1.82, 2.24) is 4.90 Å². The average molecular weight is 231 g/mol. The fourth-order valence-electron chi connectivity index (χ4n) is 2.00. The Morgan fingerprint density at radius 3 is 2.53 bits per heavy atom. The molecule has 0 aliphatic heterocycles. The number of methoxy groups -OCH3 is 1. The van der Waals surface area contributed by atoms with E-state index < -0.39 is 0 Å². The van der Waals surface area contributed by atoms with Gasteiger partial charge in [-0.15, -0.1) is 0 Å². The highest BCUT2D eigenvalue weighted by atomic mass is 16.5. The quantitative estimate of drug-likeness (QED) is 0.881. The van der Waals surface area contributed by atoms with Crippen LogP contribution in [0.3, 0.4) is 0 Å². The molecule has 0 aromatic heterocycles. The standard InChI is InChI=1S/C14H17NO2/c1-15(2)9-10-7-8-11-12(14(10)16)5-4-6-13(11)17-3/h4-8,16H,9H2,1-3H3. The van der Waals surface area contributed by atoms with Crippen LogP contribution in [-0.2, 0) is 6.54 Å². The van der Waals surface area contributed by atoms with E-state index in [0.29, 0.717) is 5.75 Å². The summed E-state index contributed by atoms with van der Waals surface area (Å²) in [6, 6.07) is 9.63. The molecule has 3 nitrogen and oxygen atoms in total. The highest BCUT2D eigenvalue weighted by molar-refractivity contribution is 5.93. The molecule has 0 unspecified atom stereocenters. The smallest absolute Gasteiger partial charge is 0.128 e. The Morgan fingerprint density at radius 2 is 1.88 bits per heavy atom. The maximum absolute atomic E-state index is 10.2. The van der Waals surface area contributed by atoms with E-state index in [2.05, 4.69) is 0 Å². The lowest BCUT2D eigenvalue weighted by Gasteiger charge is -2.14. The molecule has 0 saturated heterocycles. The van der Waals surface area contributed by atoms with Gasteiger partial charge in [-0.3, -0.25) is 0 Å². The van der Waals surface area contributed by atoms with Crippen LogP contribution in [0.2, 0.25) is 0 Å². The summed E-state index contributed by atoms with van der Waals surface area (Å²) in [7, 11) is 5.60.